The first kappa shape index (κ1) is 18.7. The molecule has 7 heteroatoms. The number of H-pyrrole nitrogens is 1. The molecule has 3 heterocycles. The number of para-hydroxylation sites is 1. The van der Waals surface area contributed by atoms with Crippen LogP contribution in [0.5, 0.6) is 11.5 Å². The zero-order chi connectivity index (χ0) is 19.5. The van der Waals surface area contributed by atoms with Crippen molar-refractivity contribution in [3.63, 3.8) is 0 Å². The number of methoxy groups -OCH3 is 1. The van der Waals surface area contributed by atoms with Gasteiger partial charge < -0.3 is 14.8 Å². The van der Waals surface area contributed by atoms with Crippen LogP contribution >= 0.6 is 11.3 Å². The van der Waals surface area contributed by atoms with Crippen LogP contribution in [0.15, 0.2) is 46.6 Å². The molecule has 0 aliphatic carbocycles. The summed E-state index contributed by atoms with van der Waals surface area (Å²) in [5.74, 6) is 1.52. The molecule has 2 N–H and O–H groups in total. The smallest absolute Gasteiger partial charge is 0.251 e. The third-order valence-corrected chi connectivity index (χ3v) is 6.01. The van der Waals surface area contributed by atoms with Gasteiger partial charge in [0.25, 0.3) is 5.56 Å². The third kappa shape index (κ3) is 3.95. The lowest BCUT2D eigenvalue weighted by molar-refractivity contribution is 0.196. The Hall–Kier alpha value is -2.64. The monoisotopic (exact) mass is 397 g/mol. The van der Waals surface area contributed by atoms with Crippen molar-refractivity contribution in [2.45, 2.75) is 25.3 Å². The minimum Gasteiger partial charge on any atom is -0.504 e. The van der Waals surface area contributed by atoms with Crippen LogP contribution in [0.3, 0.4) is 0 Å². The van der Waals surface area contributed by atoms with Gasteiger partial charge >= 0.3 is 0 Å². The fourth-order valence-corrected chi connectivity index (χ4v) is 4.43. The maximum absolute atomic E-state index is 12.2. The molecule has 1 atom stereocenters. The van der Waals surface area contributed by atoms with Gasteiger partial charge in [0, 0.05) is 30.6 Å². The molecule has 0 bridgehead atoms. The SMILES string of the molecule is COc1cccc(CN2CCCC(c3cc(=O)[nH]c(-c4cccs4)n3)C2)c1O. The zero-order valence-electron chi connectivity index (χ0n) is 15.7. The first-order chi connectivity index (χ1) is 13.6. The third-order valence-electron chi connectivity index (χ3n) is 5.14. The molecule has 6 nitrogen and oxygen atoms in total. The second kappa shape index (κ2) is 8.16. The molecule has 1 fully saturated rings. The number of hydrogen-bond acceptors (Lipinski definition) is 6. The van der Waals surface area contributed by atoms with Gasteiger partial charge in [-0.25, -0.2) is 4.98 Å². The summed E-state index contributed by atoms with van der Waals surface area (Å²) in [6.07, 6.45) is 2.03. The number of rotatable bonds is 5. The van der Waals surface area contributed by atoms with E-state index in [9.17, 15) is 9.90 Å². The molecule has 1 aromatic carbocycles. The predicted molar refractivity (Wildman–Crippen MR) is 110 cm³/mol. The van der Waals surface area contributed by atoms with E-state index in [0.717, 1.165) is 42.1 Å². The van der Waals surface area contributed by atoms with E-state index >= 15 is 0 Å². The Morgan fingerprint density at radius 1 is 1.36 bits per heavy atom. The largest absolute Gasteiger partial charge is 0.504 e. The number of likely N-dealkylation sites (tertiary alicyclic amines) is 1. The maximum atomic E-state index is 12.2. The first-order valence-corrected chi connectivity index (χ1v) is 10.2. The van der Waals surface area contributed by atoms with E-state index in [0.29, 0.717) is 18.1 Å². The molecule has 146 valence electrons. The van der Waals surface area contributed by atoms with Crippen molar-refractivity contribution in [1.82, 2.24) is 14.9 Å². The number of piperidine rings is 1. The van der Waals surface area contributed by atoms with Crippen molar-refractivity contribution in [2.24, 2.45) is 0 Å². The van der Waals surface area contributed by atoms with E-state index in [2.05, 4.69) is 9.88 Å². The van der Waals surface area contributed by atoms with Gasteiger partial charge in [-0.15, -0.1) is 11.3 Å². The summed E-state index contributed by atoms with van der Waals surface area (Å²) in [6, 6.07) is 11.1. The van der Waals surface area contributed by atoms with Crippen LogP contribution in [0.4, 0.5) is 0 Å². The molecule has 1 aliphatic rings. The van der Waals surface area contributed by atoms with Crippen molar-refractivity contribution in [3.05, 3.63) is 63.4 Å². The van der Waals surface area contributed by atoms with Crippen LogP contribution in [0, 0.1) is 0 Å². The van der Waals surface area contributed by atoms with Crippen LogP contribution in [0.2, 0.25) is 0 Å². The zero-order valence-corrected chi connectivity index (χ0v) is 16.5. The van der Waals surface area contributed by atoms with Gasteiger partial charge in [-0.2, -0.15) is 0 Å². The minimum atomic E-state index is -0.115. The van der Waals surface area contributed by atoms with Crippen LogP contribution in [-0.4, -0.2) is 40.2 Å². The molecular formula is C21H23N3O3S. The summed E-state index contributed by atoms with van der Waals surface area (Å²) >= 11 is 1.56. The number of aromatic nitrogens is 2. The topological polar surface area (TPSA) is 78.5 Å². The van der Waals surface area contributed by atoms with E-state index in [1.54, 1.807) is 30.6 Å². The van der Waals surface area contributed by atoms with E-state index in [1.165, 1.54) is 0 Å². The summed E-state index contributed by atoms with van der Waals surface area (Å²) < 4.78 is 5.21. The number of aromatic amines is 1. The highest BCUT2D eigenvalue weighted by atomic mass is 32.1. The number of nitrogens with zero attached hydrogens (tertiary/aromatic N) is 2. The number of ether oxygens (including phenoxy) is 1. The lowest BCUT2D eigenvalue weighted by Crippen LogP contribution is -2.34. The standard InChI is InChI=1S/C21H23N3O3S/c1-27-17-7-2-5-15(20(17)26)13-24-9-3-6-14(12-24)16-11-19(25)23-21(22-16)18-8-4-10-28-18/h2,4-5,7-8,10-11,14,26H,3,6,9,12-13H2,1H3,(H,22,23,25). The van der Waals surface area contributed by atoms with Gasteiger partial charge in [-0.3, -0.25) is 9.69 Å². The highest BCUT2D eigenvalue weighted by molar-refractivity contribution is 7.13. The molecule has 28 heavy (non-hydrogen) atoms. The Balaban J connectivity index is 1.54. The maximum Gasteiger partial charge on any atom is 0.251 e. The molecule has 3 aromatic rings. The van der Waals surface area contributed by atoms with Crippen LogP contribution in [0.25, 0.3) is 10.7 Å². The first-order valence-electron chi connectivity index (χ1n) is 9.36. The van der Waals surface area contributed by atoms with Gasteiger partial charge in [0.05, 0.1) is 17.7 Å². The highest BCUT2D eigenvalue weighted by Gasteiger charge is 2.24. The number of hydrogen-bond donors (Lipinski definition) is 2. The number of thiophene rings is 1. The Kier molecular flexibility index (Phi) is 5.45. The number of benzene rings is 1. The lowest BCUT2D eigenvalue weighted by Gasteiger charge is -2.32. The van der Waals surface area contributed by atoms with E-state index < -0.39 is 0 Å². The molecule has 1 aliphatic heterocycles. The minimum absolute atomic E-state index is 0.115. The Labute approximate surface area is 167 Å². The summed E-state index contributed by atoms with van der Waals surface area (Å²) in [4.78, 5) is 23.0. The van der Waals surface area contributed by atoms with Crippen LogP contribution in [0.1, 0.15) is 30.0 Å². The van der Waals surface area contributed by atoms with E-state index in [1.807, 2.05) is 29.6 Å². The fraction of sp³-hybridized carbons (Fsp3) is 0.333. The summed E-state index contributed by atoms with van der Waals surface area (Å²) in [5, 5.41) is 12.3. The molecule has 0 spiro atoms. The van der Waals surface area contributed by atoms with Crippen LogP contribution < -0.4 is 10.3 Å². The quantitative estimate of drug-likeness (QED) is 0.688. The number of phenols is 1. The average Bonchev–Trinajstić information content (AvgIpc) is 3.24. The summed E-state index contributed by atoms with van der Waals surface area (Å²) in [7, 11) is 1.56. The normalized spacial score (nSPS) is 17.5. The summed E-state index contributed by atoms with van der Waals surface area (Å²) in [6.45, 7) is 2.39. The number of nitrogens with one attached hydrogen (secondary N) is 1. The Morgan fingerprint density at radius 2 is 2.25 bits per heavy atom. The van der Waals surface area contributed by atoms with Crippen LogP contribution in [-0.2, 0) is 6.54 Å². The molecule has 0 radical (unpaired) electrons. The average molecular weight is 398 g/mol. The van der Waals surface area contributed by atoms with Crippen molar-refractivity contribution < 1.29 is 9.84 Å². The molecular weight excluding hydrogens is 374 g/mol. The molecule has 2 aromatic heterocycles. The predicted octanol–water partition coefficient (Wildman–Crippen LogP) is 3.59. The van der Waals surface area contributed by atoms with Crippen molar-refractivity contribution in [3.8, 4) is 22.2 Å². The highest BCUT2D eigenvalue weighted by Crippen LogP contribution is 2.32. The van der Waals surface area contributed by atoms with Gasteiger partial charge in [0.2, 0.25) is 0 Å². The molecule has 1 saturated heterocycles. The second-order valence-corrected chi connectivity index (χ2v) is 7.99. The van der Waals surface area contributed by atoms with Gasteiger partial charge in [-0.1, -0.05) is 18.2 Å². The number of aromatic hydroxyl groups is 1. The van der Waals surface area contributed by atoms with Gasteiger partial charge in [0.1, 0.15) is 5.82 Å². The van der Waals surface area contributed by atoms with Crippen molar-refractivity contribution in [2.75, 3.05) is 20.2 Å². The molecule has 0 saturated carbocycles. The van der Waals surface area contributed by atoms with Crippen molar-refractivity contribution in [1.29, 1.82) is 0 Å². The Bertz CT molecular complexity index is 1000. The lowest BCUT2D eigenvalue weighted by atomic mass is 9.94. The van der Waals surface area contributed by atoms with Gasteiger partial charge in [0.15, 0.2) is 11.5 Å². The van der Waals surface area contributed by atoms with Gasteiger partial charge in [-0.05, 0) is 36.9 Å². The fourth-order valence-electron chi connectivity index (χ4n) is 3.76. The molecule has 1 unspecified atom stereocenters. The number of phenolic OH excluding ortho intramolecular Hbond substituents is 1. The molecule has 0 amide bonds. The second-order valence-electron chi connectivity index (χ2n) is 7.04. The van der Waals surface area contributed by atoms with E-state index in [-0.39, 0.29) is 17.2 Å². The van der Waals surface area contributed by atoms with E-state index in [4.69, 9.17) is 9.72 Å². The molecule has 4 rings (SSSR count). The van der Waals surface area contributed by atoms with Crippen molar-refractivity contribution >= 4 is 11.3 Å². The Morgan fingerprint density at radius 3 is 3.04 bits per heavy atom. The summed E-state index contributed by atoms with van der Waals surface area (Å²) in [5.41, 5.74) is 1.57.